The van der Waals surface area contributed by atoms with Gasteiger partial charge in [-0.25, -0.2) is 4.39 Å². The molecule has 0 aliphatic rings. The molecule has 2 heteroatoms. The van der Waals surface area contributed by atoms with Crippen molar-refractivity contribution in [1.29, 1.82) is 0 Å². The lowest BCUT2D eigenvalue weighted by atomic mass is 10.1. The van der Waals surface area contributed by atoms with Gasteiger partial charge in [0.1, 0.15) is 5.82 Å². The zero-order chi connectivity index (χ0) is 12.3. The van der Waals surface area contributed by atoms with Crippen LogP contribution < -0.4 is 5.32 Å². The second kappa shape index (κ2) is 5.00. The van der Waals surface area contributed by atoms with Crippen molar-refractivity contribution in [2.45, 2.75) is 19.9 Å². The molecular weight excluding hydrogens is 213 g/mol. The second-order valence-corrected chi connectivity index (χ2v) is 4.29. The van der Waals surface area contributed by atoms with Crippen molar-refractivity contribution in [2.24, 2.45) is 0 Å². The molecule has 88 valence electrons. The van der Waals surface area contributed by atoms with E-state index in [1.807, 2.05) is 25.1 Å². The Morgan fingerprint density at radius 3 is 2.41 bits per heavy atom. The number of aryl methyl sites for hydroxylation is 1. The average molecular weight is 229 g/mol. The van der Waals surface area contributed by atoms with Crippen molar-refractivity contribution >= 4 is 5.69 Å². The van der Waals surface area contributed by atoms with Crippen LogP contribution >= 0.6 is 0 Å². The lowest BCUT2D eigenvalue weighted by Crippen LogP contribution is -2.06. The Morgan fingerprint density at radius 2 is 1.76 bits per heavy atom. The van der Waals surface area contributed by atoms with E-state index in [4.69, 9.17) is 0 Å². The Bertz CT molecular complexity index is 491. The van der Waals surface area contributed by atoms with E-state index in [1.165, 1.54) is 11.6 Å². The maximum absolute atomic E-state index is 13.1. The molecule has 1 atom stereocenters. The first-order valence-corrected chi connectivity index (χ1v) is 5.74. The molecule has 0 aromatic heterocycles. The van der Waals surface area contributed by atoms with Crippen molar-refractivity contribution in [2.75, 3.05) is 5.32 Å². The van der Waals surface area contributed by atoms with Gasteiger partial charge in [-0.05, 0) is 43.7 Å². The molecule has 0 radical (unpaired) electrons. The Balaban J connectivity index is 2.11. The molecule has 2 rings (SSSR count). The predicted octanol–water partition coefficient (Wildman–Crippen LogP) is 4.31. The fraction of sp³-hybridized carbons (Fsp3) is 0.200. The van der Waals surface area contributed by atoms with E-state index in [0.717, 1.165) is 11.3 Å². The molecule has 0 saturated carbocycles. The molecule has 1 nitrogen and oxygen atoms in total. The van der Waals surface area contributed by atoms with Gasteiger partial charge >= 0.3 is 0 Å². The average Bonchev–Trinajstić information content (AvgIpc) is 2.32. The van der Waals surface area contributed by atoms with Crippen LogP contribution in [0.3, 0.4) is 0 Å². The van der Waals surface area contributed by atoms with Crippen LogP contribution in [0.15, 0.2) is 48.5 Å². The standard InChI is InChI=1S/C15H16FN/c1-11-6-8-15(9-7-11)17-12(2)13-4-3-5-14(16)10-13/h3-10,12,17H,1-2H3. The fourth-order valence-corrected chi connectivity index (χ4v) is 1.76. The van der Waals surface area contributed by atoms with Crippen molar-refractivity contribution in [3.63, 3.8) is 0 Å². The minimum Gasteiger partial charge on any atom is -0.379 e. The zero-order valence-corrected chi connectivity index (χ0v) is 10.1. The molecule has 0 spiro atoms. The third-order valence-electron chi connectivity index (χ3n) is 2.78. The van der Waals surface area contributed by atoms with E-state index < -0.39 is 0 Å². The Kier molecular flexibility index (Phi) is 3.43. The third kappa shape index (κ3) is 3.06. The maximum Gasteiger partial charge on any atom is 0.123 e. The monoisotopic (exact) mass is 229 g/mol. The number of halogens is 1. The predicted molar refractivity (Wildman–Crippen MR) is 69.6 cm³/mol. The van der Waals surface area contributed by atoms with E-state index in [1.54, 1.807) is 12.1 Å². The first kappa shape index (κ1) is 11.6. The molecule has 0 bridgehead atoms. The molecule has 17 heavy (non-hydrogen) atoms. The lowest BCUT2D eigenvalue weighted by molar-refractivity contribution is 0.623. The number of hydrogen-bond acceptors (Lipinski definition) is 1. The van der Waals surface area contributed by atoms with Crippen molar-refractivity contribution in [1.82, 2.24) is 0 Å². The Labute approximate surface area is 101 Å². The highest BCUT2D eigenvalue weighted by atomic mass is 19.1. The molecule has 0 aliphatic heterocycles. The van der Waals surface area contributed by atoms with Gasteiger partial charge in [0.05, 0.1) is 0 Å². The van der Waals surface area contributed by atoms with Crippen molar-refractivity contribution in [3.05, 3.63) is 65.5 Å². The molecule has 2 aromatic rings. The number of nitrogens with one attached hydrogen (secondary N) is 1. The van der Waals surface area contributed by atoms with E-state index in [0.29, 0.717) is 0 Å². The number of anilines is 1. The molecular formula is C15H16FN. The Hall–Kier alpha value is -1.83. The Morgan fingerprint density at radius 1 is 1.06 bits per heavy atom. The van der Waals surface area contributed by atoms with Gasteiger partial charge in [0.2, 0.25) is 0 Å². The zero-order valence-electron chi connectivity index (χ0n) is 10.1. The summed E-state index contributed by atoms with van der Waals surface area (Å²) in [4.78, 5) is 0. The van der Waals surface area contributed by atoms with Crippen LogP contribution in [-0.4, -0.2) is 0 Å². The lowest BCUT2D eigenvalue weighted by Gasteiger charge is -2.15. The third-order valence-corrected chi connectivity index (χ3v) is 2.78. The van der Waals surface area contributed by atoms with E-state index in [2.05, 4.69) is 24.4 Å². The minimum atomic E-state index is -0.194. The summed E-state index contributed by atoms with van der Waals surface area (Å²) in [6.45, 7) is 4.08. The summed E-state index contributed by atoms with van der Waals surface area (Å²) < 4.78 is 13.1. The van der Waals surface area contributed by atoms with Gasteiger partial charge in [-0.15, -0.1) is 0 Å². The van der Waals surface area contributed by atoms with Gasteiger partial charge in [-0.2, -0.15) is 0 Å². The van der Waals surface area contributed by atoms with Crippen LogP contribution in [0.2, 0.25) is 0 Å². The number of hydrogen-bond donors (Lipinski definition) is 1. The number of rotatable bonds is 3. The highest BCUT2D eigenvalue weighted by Crippen LogP contribution is 2.19. The van der Waals surface area contributed by atoms with Gasteiger partial charge in [-0.1, -0.05) is 29.8 Å². The highest BCUT2D eigenvalue weighted by molar-refractivity contribution is 5.46. The fourth-order valence-electron chi connectivity index (χ4n) is 1.76. The normalized spacial score (nSPS) is 12.2. The van der Waals surface area contributed by atoms with Gasteiger partial charge in [0.25, 0.3) is 0 Å². The first-order valence-electron chi connectivity index (χ1n) is 5.74. The van der Waals surface area contributed by atoms with E-state index in [-0.39, 0.29) is 11.9 Å². The summed E-state index contributed by atoms with van der Waals surface area (Å²) in [5.41, 5.74) is 3.23. The first-order chi connectivity index (χ1) is 8.15. The summed E-state index contributed by atoms with van der Waals surface area (Å²) in [5, 5.41) is 3.35. The van der Waals surface area contributed by atoms with Gasteiger partial charge < -0.3 is 5.32 Å². The second-order valence-electron chi connectivity index (χ2n) is 4.29. The van der Waals surface area contributed by atoms with Gasteiger partial charge in [0.15, 0.2) is 0 Å². The van der Waals surface area contributed by atoms with Gasteiger partial charge in [-0.3, -0.25) is 0 Å². The molecule has 1 unspecified atom stereocenters. The summed E-state index contributed by atoms with van der Waals surface area (Å²) >= 11 is 0. The largest absolute Gasteiger partial charge is 0.379 e. The van der Waals surface area contributed by atoms with Crippen molar-refractivity contribution in [3.8, 4) is 0 Å². The van der Waals surface area contributed by atoms with Crippen LogP contribution in [0.4, 0.5) is 10.1 Å². The maximum atomic E-state index is 13.1. The molecule has 0 fully saturated rings. The van der Waals surface area contributed by atoms with Crippen LogP contribution in [0, 0.1) is 12.7 Å². The summed E-state index contributed by atoms with van der Waals surface area (Å²) in [5.74, 6) is -0.194. The smallest absolute Gasteiger partial charge is 0.123 e. The molecule has 0 heterocycles. The van der Waals surface area contributed by atoms with Crippen molar-refractivity contribution < 1.29 is 4.39 Å². The highest BCUT2D eigenvalue weighted by Gasteiger charge is 2.05. The molecule has 0 aliphatic carbocycles. The molecule has 1 N–H and O–H groups in total. The van der Waals surface area contributed by atoms with Crippen LogP contribution in [0.5, 0.6) is 0 Å². The van der Waals surface area contributed by atoms with E-state index >= 15 is 0 Å². The van der Waals surface area contributed by atoms with Crippen LogP contribution in [-0.2, 0) is 0 Å². The SMILES string of the molecule is Cc1ccc(NC(C)c2cccc(F)c2)cc1. The summed E-state index contributed by atoms with van der Waals surface area (Å²) in [7, 11) is 0. The van der Waals surface area contributed by atoms with Gasteiger partial charge in [0, 0.05) is 11.7 Å². The number of benzene rings is 2. The van der Waals surface area contributed by atoms with E-state index in [9.17, 15) is 4.39 Å². The van der Waals surface area contributed by atoms with Crippen LogP contribution in [0.1, 0.15) is 24.1 Å². The topological polar surface area (TPSA) is 12.0 Å². The molecule has 2 aromatic carbocycles. The summed E-state index contributed by atoms with van der Waals surface area (Å²) in [6.07, 6.45) is 0. The quantitative estimate of drug-likeness (QED) is 0.827. The minimum absolute atomic E-state index is 0.0911. The summed E-state index contributed by atoms with van der Waals surface area (Å²) in [6, 6.07) is 15.0. The molecule has 0 amide bonds. The van der Waals surface area contributed by atoms with Crippen LogP contribution in [0.25, 0.3) is 0 Å². The molecule has 0 saturated heterocycles.